The minimum Gasteiger partial charge on any atom is -0.368 e. The second-order valence-electron chi connectivity index (χ2n) is 7.61. The molecule has 3 aromatic rings. The number of aromatic nitrogens is 3. The summed E-state index contributed by atoms with van der Waals surface area (Å²) in [6.07, 6.45) is 2.88. The van der Waals surface area contributed by atoms with Crippen molar-refractivity contribution >= 4 is 21.5 Å². The maximum Gasteiger partial charge on any atom is 0.229 e. The third kappa shape index (κ3) is 4.56. The summed E-state index contributed by atoms with van der Waals surface area (Å²) < 4.78 is 39.0. The Balaban J connectivity index is 1.46. The number of hydrogen-bond donors (Lipinski definition) is 2. The van der Waals surface area contributed by atoms with Crippen molar-refractivity contribution in [1.82, 2.24) is 15.2 Å². The van der Waals surface area contributed by atoms with Gasteiger partial charge in [-0.3, -0.25) is 9.71 Å². The van der Waals surface area contributed by atoms with E-state index in [1.54, 1.807) is 36.5 Å². The maximum atomic E-state index is 13.7. The molecule has 30 heavy (non-hydrogen) atoms. The largest absolute Gasteiger partial charge is 0.368 e. The SMILES string of the molecule is CS(=O)(=O)Nc1cccc(-c2ccc(NCC3(c4ccccn4)CC(F)C3)nn2)c1. The van der Waals surface area contributed by atoms with Gasteiger partial charge >= 0.3 is 0 Å². The molecule has 0 saturated heterocycles. The number of anilines is 2. The lowest BCUT2D eigenvalue weighted by atomic mass is 9.65. The van der Waals surface area contributed by atoms with Crippen LogP contribution in [0.3, 0.4) is 0 Å². The van der Waals surface area contributed by atoms with Crippen molar-refractivity contribution in [2.75, 3.05) is 22.8 Å². The fourth-order valence-electron chi connectivity index (χ4n) is 3.71. The average molecular weight is 428 g/mol. The minimum absolute atomic E-state index is 0.341. The van der Waals surface area contributed by atoms with E-state index >= 15 is 0 Å². The van der Waals surface area contributed by atoms with Crippen LogP contribution < -0.4 is 10.0 Å². The monoisotopic (exact) mass is 427 g/mol. The predicted molar refractivity (Wildman–Crippen MR) is 114 cm³/mol. The summed E-state index contributed by atoms with van der Waals surface area (Å²) in [5.74, 6) is 0.585. The number of nitrogens with zero attached hydrogens (tertiary/aromatic N) is 3. The summed E-state index contributed by atoms with van der Waals surface area (Å²) in [4.78, 5) is 4.42. The van der Waals surface area contributed by atoms with Crippen LogP contribution in [0.15, 0.2) is 60.8 Å². The molecule has 1 aliphatic rings. The number of hydrogen-bond acceptors (Lipinski definition) is 6. The Bertz CT molecular complexity index is 1120. The van der Waals surface area contributed by atoms with Gasteiger partial charge in [-0.25, -0.2) is 12.8 Å². The molecule has 0 unspecified atom stereocenters. The fraction of sp³-hybridized carbons (Fsp3) is 0.286. The van der Waals surface area contributed by atoms with E-state index in [2.05, 4.69) is 25.2 Å². The van der Waals surface area contributed by atoms with Crippen LogP contribution in [0.25, 0.3) is 11.3 Å². The fourth-order valence-corrected chi connectivity index (χ4v) is 4.26. The third-order valence-corrected chi connectivity index (χ3v) is 5.77. The molecule has 1 fully saturated rings. The molecule has 4 rings (SSSR count). The van der Waals surface area contributed by atoms with E-state index in [0.717, 1.165) is 17.5 Å². The first kappa shape index (κ1) is 20.2. The van der Waals surface area contributed by atoms with Gasteiger partial charge in [-0.15, -0.1) is 10.2 Å². The second-order valence-corrected chi connectivity index (χ2v) is 9.36. The number of sulfonamides is 1. The highest BCUT2D eigenvalue weighted by Gasteiger charge is 2.46. The smallest absolute Gasteiger partial charge is 0.229 e. The summed E-state index contributed by atoms with van der Waals surface area (Å²) >= 11 is 0. The topological polar surface area (TPSA) is 96.9 Å². The molecule has 0 radical (unpaired) electrons. The molecule has 2 N–H and O–H groups in total. The lowest BCUT2D eigenvalue weighted by molar-refractivity contribution is 0.0996. The molecule has 9 heteroatoms. The van der Waals surface area contributed by atoms with Crippen molar-refractivity contribution in [3.8, 4) is 11.3 Å². The molecular weight excluding hydrogens is 405 g/mol. The maximum absolute atomic E-state index is 13.7. The molecule has 7 nitrogen and oxygen atoms in total. The zero-order valence-corrected chi connectivity index (χ0v) is 17.2. The Morgan fingerprint density at radius 2 is 1.93 bits per heavy atom. The van der Waals surface area contributed by atoms with Gasteiger partial charge in [0.15, 0.2) is 0 Å². The number of alkyl halides is 1. The van der Waals surface area contributed by atoms with Gasteiger partial charge in [0.25, 0.3) is 0 Å². The average Bonchev–Trinajstić information content (AvgIpc) is 2.70. The molecule has 1 aliphatic carbocycles. The Kier molecular flexibility index (Phi) is 5.38. The first-order valence-electron chi connectivity index (χ1n) is 9.54. The van der Waals surface area contributed by atoms with Crippen molar-refractivity contribution in [2.45, 2.75) is 24.4 Å². The Morgan fingerprint density at radius 3 is 2.57 bits per heavy atom. The van der Waals surface area contributed by atoms with Crippen molar-refractivity contribution in [3.63, 3.8) is 0 Å². The summed E-state index contributed by atoms with van der Waals surface area (Å²) in [5, 5.41) is 11.7. The summed E-state index contributed by atoms with van der Waals surface area (Å²) in [7, 11) is -3.36. The molecule has 0 amide bonds. The standard InChI is InChI=1S/C21H22FN5O2S/c1-30(28,29)27-17-6-4-5-15(11-17)18-8-9-20(26-25-18)24-14-21(12-16(22)13-21)19-7-2-3-10-23-19/h2-11,16,27H,12-14H2,1H3,(H,24,26). The van der Waals surface area contributed by atoms with E-state index in [9.17, 15) is 12.8 Å². The van der Waals surface area contributed by atoms with Gasteiger partial charge in [-0.1, -0.05) is 18.2 Å². The highest BCUT2D eigenvalue weighted by atomic mass is 32.2. The van der Waals surface area contributed by atoms with Crippen LogP contribution in [0.2, 0.25) is 0 Å². The van der Waals surface area contributed by atoms with Gasteiger partial charge in [-0.2, -0.15) is 0 Å². The predicted octanol–water partition coefficient (Wildman–Crippen LogP) is 3.39. The van der Waals surface area contributed by atoms with Crippen molar-refractivity contribution in [3.05, 3.63) is 66.5 Å². The van der Waals surface area contributed by atoms with Crippen LogP contribution in [0.5, 0.6) is 0 Å². The Hall–Kier alpha value is -3.07. The van der Waals surface area contributed by atoms with E-state index in [-0.39, 0.29) is 5.41 Å². The van der Waals surface area contributed by atoms with Crippen molar-refractivity contribution in [2.24, 2.45) is 0 Å². The van der Waals surface area contributed by atoms with E-state index in [4.69, 9.17) is 0 Å². The third-order valence-electron chi connectivity index (χ3n) is 5.17. The zero-order valence-electron chi connectivity index (χ0n) is 16.4. The molecule has 2 aromatic heterocycles. The van der Waals surface area contributed by atoms with Crippen LogP contribution in [0.4, 0.5) is 15.9 Å². The number of nitrogens with one attached hydrogen (secondary N) is 2. The molecule has 0 atom stereocenters. The molecular formula is C21H22FN5O2S. The van der Waals surface area contributed by atoms with Gasteiger partial charge in [0, 0.05) is 35.1 Å². The van der Waals surface area contributed by atoms with E-state index in [1.165, 1.54) is 0 Å². The van der Waals surface area contributed by atoms with Crippen LogP contribution >= 0.6 is 0 Å². The first-order valence-corrected chi connectivity index (χ1v) is 11.4. The van der Waals surface area contributed by atoms with Gasteiger partial charge in [-0.05, 0) is 49.2 Å². The van der Waals surface area contributed by atoms with Crippen LogP contribution in [-0.2, 0) is 15.4 Å². The number of halogens is 1. The number of rotatable bonds is 7. The molecule has 0 bridgehead atoms. The summed E-state index contributed by atoms with van der Waals surface area (Å²) in [5.41, 5.74) is 2.36. The minimum atomic E-state index is -3.36. The van der Waals surface area contributed by atoms with Gasteiger partial charge in [0.05, 0.1) is 11.9 Å². The summed E-state index contributed by atoms with van der Waals surface area (Å²) in [6.45, 7) is 0.520. The Morgan fingerprint density at radius 1 is 1.10 bits per heavy atom. The van der Waals surface area contributed by atoms with Crippen LogP contribution in [0, 0.1) is 0 Å². The highest BCUT2D eigenvalue weighted by molar-refractivity contribution is 7.92. The normalized spacial score (nSPS) is 20.9. The molecule has 1 aromatic carbocycles. The van der Waals surface area contributed by atoms with Gasteiger partial charge in [0.2, 0.25) is 10.0 Å². The van der Waals surface area contributed by atoms with Crippen molar-refractivity contribution in [1.29, 1.82) is 0 Å². The molecule has 1 saturated carbocycles. The molecule has 2 heterocycles. The summed E-state index contributed by atoms with van der Waals surface area (Å²) in [6, 6.07) is 16.2. The quantitative estimate of drug-likeness (QED) is 0.600. The lowest BCUT2D eigenvalue weighted by Crippen LogP contribution is -2.48. The highest BCUT2D eigenvalue weighted by Crippen LogP contribution is 2.44. The van der Waals surface area contributed by atoms with E-state index in [0.29, 0.717) is 36.6 Å². The Labute approximate surface area is 174 Å². The second kappa shape index (κ2) is 7.98. The molecule has 156 valence electrons. The lowest BCUT2D eigenvalue weighted by Gasteiger charge is -2.43. The van der Waals surface area contributed by atoms with E-state index in [1.807, 2.05) is 24.3 Å². The first-order chi connectivity index (χ1) is 14.3. The zero-order chi connectivity index (χ0) is 21.2. The molecule has 0 spiro atoms. The molecule has 0 aliphatic heterocycles. The van der Waals surface area contributed by atoms with Gasteiger partial charge < -0.3 is 5.32 Å². The van der Waals surface area contributed by atoms with E-state index < -0.39 is 16.2 Å². The van der Waals surface area contributed by atoms with Crippen molar-refractivity contribution < 1.29 is 12.8 Å². The van der Waals surface area contributed by atoms with Crippen LogP contribution in [-0.4, -0.2) is 42.6 Å². The van der Waals surface area contributed by atoms with Crippen LogP contribution in [0.1, 0.15) is 18.5 Å². The number of benzene rings is 1. The number of pyridine rings is 1. The van der Waals surface area contributed by atoms with Gasteiger partial charge in [0.1, 0.15) is 12.0 Å².